The first kappa shape index (κ1) is 16.4. The molecular formula is C20H17N5S. The van der Waals surface area contributed by atoms with Crippen LogP contribution in [-0.4, -0.2) is 20.2 Å². The number of nitrogens with one attached hydrogen (secondary N) is 1. The van der Waals surface area contributed by atoms with E-state index in [1.807, 2.05) is 60.7 Å². The van der Waals surface area contributed by atoms with E-state index in [2.05, 4.69) is 45.1 Å². The molecule has 0 fully saturated rings. The molecule has 5 nitrogen and oxygen atoms in total. The molecule has 0 radical (unpaired) electrons. The molecule has 0 spiro atoms. The Bertz CT molecular complexity index is 970. The fourth-order valence-electron chi connectivity index (χ4n) is 2.58. The number of aromatic nitrogens is 4. The van der Waals surface area contributed by atoms with Crippen LogP contribution in [0.2, 0.25) is 0 Å². The lowest BCUT2D eigenvalue weighted by molar-refractivity contribution is 0.768. The van der Waals surface area contributed by atoms with Crippen molar-refractivity contribution in [2.24, 2.45) is 0 Å². The van der Waals surface area contributed by atoms with Gasteiger partial charge in [0.05, 0.1) is 12.2 Å². The van der Waals surface area contributed by atoms with E-state index < -0.39 is 0 Å². The van der Waals surface area contributed by atoms with Gasteiger partial charge in [-0.3, -0.25) is 0 Å². The second kappa shape index (κ2) is 7.84. The maximum Gasteiger partial charge on any atom is 0.175 e. The van der Waals surface area contributed by atoms with E-state index in [0.29, 0.717) is 6.54 Å². The highest BCUT2D eigenvalue weighted by Crippen LogP contribution is 2.33. The van der Waals surface area contributed by atoms with Crippen molar-refractivity contribution < 1.29 is 0 Å². The van der Waals surface area contributed by atoms with Crippen molar-refractivity contribution in [2.75, 3.05) is 5.32 Å². The van der Waals surface area contributed by atoms with Crippen LogP contribution in [0.1, 0.15) is 5.82 Å². The summed E-state index contributed by atoms with van der Waals surface area (Å²) in [5.41, 5.74) is 2.00. The van der Waals surface area contributed by atoms with Crippen molar-refractivity contribution in [1.29, 1.82) is 0 Å². The topological polar surface area (TPSA) is 55.6 Å². The van der Waals surface area contributed by atoms with Gasteiger partial charge in [0.15, 0.2) is 5.82 Å². The highest BCUT2D eigenvalue weighted by atomic mass is 32.2. The number of para-hydroxylation sites is 2. The Balaban J connectivity index is 1.52. The molecule has 0 aliphatic heterocycles. The Morgan fingerprint density at radius 1 is 0.808 bits per heavy atom. The molecule has 1 N–H and O–H groups in total. The zero-order valence-electron chi connectivity index (χ0n) is 14.0. The van der Waals surface area contributed by atoms with E-state index in [0.717, 1.165) is 22.1 Å². The van der Waals surface area contributed by atoms with Gasteiger partial charge in [-0.1, -0.05) is 60.3 Å². The standard InChI is InChI=1S/C20H17N5S/c1-3-9-16(10-4-1)25-20(22-23-24-25)15-21-18-13-7-8-14-19(18)26-17-11-5-2-6-12-17/h1-14,21H,15H2. The summed E-state index contributed by atoms with van der Waals surface area (Å²) in [7, 11) is 0. The van der Waals surface area contributed by atoms with Gasteiger partial charge < -0.3 is 5.32 Å². The summed E-state index contributed by atoms with van der Waals surface area (Å²) < 4.78 is 1.75. The molecule has 6 heteroatoms. The molecule has 26 heavy (non-hydrogen) atoms. The molecule has 1 aromatic heterocycles. The van der Waals surface area contributed by atoms with Crippen LogP contribution < -0.4 is 5.32 Å². The number of hydrogen-bond donors (Lipinski definition) is 1. The quantitative estimate of drug-likeness (QED) is 0.552. The van der Waals surface area contributed by atoms with E-state index in [1.165, 1.54) is 4.90 Å². The molecule has 3 aromatic carbocycles. The number of benzene rings is 3. The Morgan fingerprint density at radius 3 is 2.31 bits per heavy atom. The average Bonchev–Trinajstić information content (AvgIpc) is 3.17. The highest BCUT2D eigenvalue weighted by Gasteiger charge is 2.09. The molecule has 0 saturated heterocycles. The lowest BCUT2D eigenvalue weighted by Gasteiger charge is -2.11. The predicted molar refractivity (Wildman–Crippen MR) is 103 cm³/mol. The Morgan fingerprint density at radius 2 is 1.50 bits per heavy atom. The fraction of sp³-hybridized carbons (Fsp3) is 0.0500. The van der Waals surface area contributed by atoms with Crippen LogP contribution in [0, 0.1) is 0 Å². The predicted octanol–water partition coefficient (Wildman–Crippen LogP) is 4.43. The number of rotatable bonds is 6. The molecule has 0 saturated carbocycles. The van der Waals surface area contributed by atoms with E-state index in [-0.39, 0.29) is 0 Å². The first-order valence-corrected chi connectivity index (χ1v) is 9.10. The molecule has 0 aliphatic carbocycles. The van der Waals surface area contributed by atoms with Crippen LogP contribution in [0.5, 0.6) is 0 Å². The first-order valence-electron chi connectivity index (χ1n) is 8.28. The fourth-order valence-corrected chi connectivity index (χ4v) is 3.52. The minimum absolute atomic E-state index is 0.536. The summed E-state index contributed by atoms with van der Waals surface area (Å²) in [5, 5.41) is 15.5. The van der Waals surface area contributed by atoms with Crippen molar-refractivity contribution in [3.8, 4) is 5.69 Å². The Kier molecular flexibility index (Phi) is 4.93. The highest BCUT2D eigenvalue weighted by molar-refractivity contribution is 7.99. The molecule has 1 heterocycles. The normalized spacial score (nSPS) is 10.6. The lowest BCUT2D eigenvalue weighted by Crippen LogP contribution is -2.09. The van der Waals surface area contributed by atoms with Crippen molar-refractivity contribution in [1.82, 2.24) is 20.2 Å². The molecule has 0 amide bonds. The summed E-state index contributed by atoms with van der Waals surface area (Å²) >= 11 is 1.73. The van der Waals surface area contributed by atoms with Gasteiger partial charge in [0, 0.05) is 15.5 Å². The Hall–Kier alpha value is -3.12. The molecule has 0 bridgehead atoms. The van der Waals surface area contributed by atoms with Crippen LogP contribution in [0.15, 0.2) is 94.7 Å². The van der Waals surface area contributed by atoms with Gasteiger partial charge in [-0.15, -0.1) is 5.10 Å². The molecule has 4 rings (SSSR count). The van der Waals surface area contributed by atoms with E-state index >= 15 is 0 Å². The second-order valence-corrected chi connectivity index (χ2v) is 6.72. The number of tetrazole rings is 1. The SMILES string of the molecule is c1ccc(Sc2ccccc2NCc2nnnn2-c2ccccc2)cc1. The molecule has 0 atom stereocenters. The van der Waals surface area contributed by atoms with Gasteiger partial charge in [-0.2, -0.15) is 4.68 Å². The molecule has 128 valence electrons. The third-order valence-corrected chi connectivity index (χ3v) is 4.91. The number of hydrogen-bond acceptors (Lipinski definition) is 5. The van der Waals surface area contributed by atoms with E-state index in [1.54, 1.807) is 16.4 Å². The average molecular weight is 359 g/mol. The zero-order chi connectivity index (χ0) is 17.6. The maximum atomic E-state index is 4.15. The molecule has 0 unspecified atom stereocenters. The summed E-state index contributed by atoms with van der Waals surface area (Å²) in [6.45, 7) is 0.536. The minimum Gasteiger partial charge on any atom is -0.377 e. The molecule has 4 aromatic rings. The summed E-state index contributed by atoms with van der Waals surface area (Å²) in [5.74, 6) is 0.760. The second-order valence-electron chi connectivity index (χ2n) is 5.61. The lowest BCUT2D eigenvalue weighted by atomic mass is 10.3. The van der Waals surface area contributed by atoms with E-state index in [9.17, 15) is 0 Å². The van der Waals surface area contributed by atoms with Crippen LogP contribution in [0.25, 0.3) is 5.69 Å². The molecule has 0 aliphatic rings. The Labute approximate surface area is 156 Å². The summed E-state index contributed by atoms with van der Waals surface area (Å²) in [4.78, 5) is 2.37. The smallest absolute Gasteiger partial charge is 0.175 e. The van der Waals surface area contributed by atoms with Crippen LogP contribution in [-0.2, 0) is 6.54 Å². The van der Waals surface area contributed by atoms with E-state index in [4.69, 9.17) is 0 Å². The minimum atomic E-state index is 0.536. The van der Waals surface area contributed by atoms with Crippen molar-refractivity contribution in [3.05, 3.63) is 90.8 Å². The zero-order valence-corrected chi connectivity index (χ0v) is 14.8. The van der Waals surface area contributed by atoms with Crippen molar-refractivity contribution >= 4 is 17.4 Å². The number of nitrogens with zero attached hydrogens (tertiary/aromatic N) is 4. The third kappa shape index (κ3) is 3.75. The van der Waals surface area contributed by atoms with Gasteiger partial charge in [-0.05, 0) is 46.8 Å². The van der Waals surface area contributed by atoms with Gasteiger partial charge >= 0.3 is 0 Å². The van der Waals surface area contributed by atoms with Crippen LogP contribution in [0.3, 0.4) is 0 Å². The van der Waals surface area contributed by atoms with Crippen LogP contribution >= 0.6 is 11.8 Å². The van der Waals surface area contributed by atoms with Crippen molar-refractivity contribution in [3.63, 3.8) is 0 Å². The third-order valence-electron chi connectivity index (χ3n) is 3.83. The van der Waals surface area contributed by atoms with Gasteiger partial charge in [-0.25, -0.2) is 0 Å². The molecular weight excluding hydrogens is 342 g/mol. The van der Waals surface area contributed by atoms with Crippen LogP contribution in [0.4, 0.5) is 5.69 Å². The maximum absolute atomic E-state index is 4.15. The number of anilines is 1. The first-order chi connectivity index (χ1) is 12.9. The van der Waals surface area contributed by atoms with Gasteiger partial charge in [0.1, 0.15) is 0 Å². The van der Waals surface area contributed by atoms with Crippen molar-refractivity contribution in [2.45, 2.75) is 16.3 Å². The summed E-state index contributed by atoms with van der Waals surface area (Å²) in [6, 6.07) is 28.5. The monoisotopic (exact) mass is 359 g/mol. The van der Waals surface area contributed by atoms with Gasteiger partial charge in [0.25, 0.3) is 0 Å². The van der Waals surface area contributed by atoms with Gasteiger partial charge in [0.2, 0.25) is 0 Å². The largest absolute Gasteiger partial charge is 0.377 e. The summed E-state index contributed by atoms with van der Waals surface area (Å²) in [6.07, 6.45) is 0.